The molecule has 0 saturated carbocycles. The predicted octanol–water partition coefficient (Wildman–Crippen LogP) is 3.51. The molecule has 6 nitrogen and oxygen atoms in total. The first-order valence-electron chi connectivity index (χ1n) is 9.71. The van der Waals surface area contributed by atoms with Gasteiger partial charge in [0.2, 0.25) is 5.91 Å². The first kappa shape index (κ1) is 20.9. The van der Waals surface area contributed by atoms with E-state index < -0.39 is 0 Å². The van der Waals surface area contributed by atoms with Gasteiger partial charge in [0.25, 0.3) is 0 Å². The molecular weight excluding hydrogens is 372 g/mol. The van der Waals surface area contributed by atoms with E-state index in [9.17, 15) is 4.79 Å². The molecule has 0 unspecified atom stereocenters. The average Bonchev–Trinajstić information content (AvgIpc) is 2.99. The van der Waals surface area contributed by atoms with Crippen molar-refractivity contribution in [1.82, 2.24) is 19.7 Å². The monoisotopic (exact) mass is 402 g/mol. The molecule has 0 aliphatic carbocycles. The van der Waals surface area contributed by atoms with Crippen LogP contribution < -0.4 is 0 Å². The molecule has 0 bridgehead atoms. The highest BCUT2D eigenvalue weighted by atomic mass is 32.2. The van der Waals surface area contributed by atoms with Crippen LogP contribution in [0.25, 0.3) is 11.4 Å². The van der Waals surface area contributed by atoms with Crippen molar-refractivity contribution in [2.75, 3.05) is 18.8 Å². The summed E-state index contributed by atoms with van der Waals surface area (Å²) in [7, 11) is 1.94. The third kappa shape index (κ3) is 4.75. The lowest BCUT2D eigenvalue weighted by Gasteiger charge is -2.35. The quantitative estimate of drug-likeness (QED) is 0.733. The number of benzene rings is 1. The number of carbonyl (C=O) groups is 1. The summed E-state index contributed by atoms with van der Waals surface area (Å²) in [5, 5.41) is 9.38. The van der Waals surface area contributed by atoms with E-state index in [0.717, 1.165) is 16.5 Å². The maximum absolute atomic E-state index is 12.6. The highest BCUT2D eigenvalue weighted by Gasteiger charge is 2.26. The Morgan fingerprint density at radius 1 is 1.14 bits per heavy atom. The Morgan fingerprint density at radius 2 is 1.75 bits per heavy atom. The number of rotatable bonds is 4. The van der Waals surface area contributed by atoms with Gasteiger partial charge >= 0.3 is 0 Å². The third-order valence-electron chi connectivity index (χ3n) is 4.94. The Kier molecular flexibility index (Phi) is 6.15. The van der Waals surface area contributed by atoms with Crippen LogP contribution in [0, 0.1) is 0 Å². The second-order valence-corrected chi connectivity index (χ2v) is 9.48. The molecule has 1 amide bonds. The summed E-state index contributed by atoms with van der Waals surface area (Å²) in [5.41, 5.74) is 2.43. The SMILES string of the molecule is C[C@@H]1CN(C(=O)CSc2nnc(-c3ccc(C(C)(C)C)cc3)n2C)C[C@@H](C)O1. The number of hydrogen-bond donors (Lipinski definition) is 0. The third-order valence-corrected chi connectivity index (χ3v) is 5.95. The minimum absolute atomic E-state index is 0.0789. The van der Waals surface area contributed by atoms with Gasteiger partial charge in [0.05, 0.1) is 18.0 Å². The Balaban J connectivity index is 1.65. The number of hydrogen-bond acceptors (Lipinski definition) is 5. The standard InChI is InChI=1S/C21H30N4O2S/c1-14-11-25(12-15(2)27-14)18(26)13-28-20-23-22-19(24(20)6)16-7-9-17(10-8-16)21(3,4)5/h7-10,14-15H,11-13H2,1-6H3/t14-,15-/m1/s1. The molecule has 1 aromatic carbocycles. The number of amides is 1. The van der Waals surface area contributed by atoms with Crippen molar-refractivity contribution in [3.8, 4) is 11.4 Å². The Labute approximate surface area is 171 Å². The maximum atomic E-state index is 12.6. The fraction of sp³-hybridized carbons (Fsp3) is 0.571. The van der Waals surface area contributed by atoms with Crippen LogP contribution in [0.3, 0.4) is 0 Å². The molecule has 7 heteroatoms. The number of ether oxygens (including phenoxy) is 1. The second kappa shape index (κ2) is 8.25. The van der Waals surface area contributed by atoms with Crippen LogP contribution in [0.2, 0.25) is 0 Å². The van der Waals surface area contributed by atoms with E-state index in [1.54, 1.807) is 0 Å². The van der Waals surface area contributed by atoms with E-state index in [-0.39, 0.29) is 23.5 Å². The van der Waals surface area contributed by atoms with Crippen LogP contribution in [0.15, 0.2) is 29.4 Å². The molecule has 0 N–H and O–H groups in total. The van der Waals surface area contributed by atoms with E-state index in [2.05, 4.69) is 55.2 Å². The molecule has 3 rings (SSSR count). The zero-order valence-electron chi connectivity index (χ0n) is 17.6. The van der Waals surface area contributed by atoms with Crippen molar-refractivity contribution < 1.29 is 9.53 Å². The Hall–Kier alpha value is -1.86. The molecule has 0 radical (unpaired) electrons. The first-order valence-corrected chi connectivity index (χ1v) is 10.7. The maximum Gasteiger partial charge on any atom is 0.233 e. The molecule has 1 fully saturated rings. The van der Waals surface area contributed by atoms with Gasteiger partial charge in [-0.2, -0.15) is 0 Å². The fourth-order valence-corrected chi connectivity index (χ4v) is 4.22. The van der Waals surface area contributed by atoms with E-state index in [4.69, 9.17) is 4.74 Å². The minimum Gasteiger partial charge on any atom is -0.372 e. The van der Waals surface area contributed by atoms with E-state index in [1.807, 2.05) is 30.4 Å². The fourth-order valence-electron chi connectivity index (χ4n) is 3.41. The van der Waals surface area contributed by atoms with Crippen molar-refractivity contribution in [2.45, 2.75) is 57.4 Å². The van der Waals surface area contributed by atoms with Crippen LogP contribution in [0.1, 0.15) is 40.2 Å². The van der Waals surface area contributed by atoms with Crippen LogP contribution in [0.4, 0.5) is 0 Å². The van der Waals surface area contributed by atoms with Crippen LogP contribution in [0.5, 0.6) is 0 Å². The molecular formula is C21H30N4O2S. The number of nitrogens with zero attached hydrogens (tertiary/aromatic N) is 4. The molecule has 28 heavy (non-hydrogen) atoms. The summed E-state index contributed by atoms with van der Waals surface area (Å²) < 4.78 is 7.66. The topological polar surface area (TPSA) is 60.2 Å². The zero-order valence-corrected chi connectivity index (χ0v) is 18.4. The lowest BCUT2D eigenvalue weighted by Crippen LogP contribution is -2.48. The van der Waals surface area contributed by atoms with Crippen molar-refractivity contribution in [1.29, 1.82) is 0 Å². The number of morpholine rings is 1. The van der Waals surface area contributed by atoms with Gasteiger partial charge in [0.1, 0.15) is 0 Å². The molecule has 1 saturated heterocycles. The average molecular weight is 403 g/mol. The normalized spacial score (nSPS) is 20.4. The lowest BCUT2D eigenvalue weighted by atomic mass is 9.87. The molecule has 2 heterocycles. The molecule has 2 atom stereocenters. The lowest BCUT2D eigenvalue weighted by molar-refractivity contribution is -0.140. The van der Waals surface area contributed by atoms with Crippen molar-refractivity contribution in [3.63, 3.8) is 0 Å². The summed E-state index contributed by atoms with van der Waals surface area (Å²) in [5.74, 6) is 1.28. The van der Waals surface area contributed by atoms with Gasteiger partial charge < -0.3 is 14.2 Å². The van der Waals surface area contributed by atoms with E-state index >= 15 is 0 Å². The largest absolute Gasteiger partial charge is 0.372 e. The number of aromatic nitrogens is 3. The summed E-state index contributed by atoms with van der Waals surface area (Å²) in [4.78, 5) is 14.5. The van der Waals surface area contributed by atoms with Crippen molar-refractivity contribution >= 4 is 17.7 Å². The molecule has 0 spiro atoms. The zero-order chi connectivity index (χ0) is 20.5. The van der Waals surface area contributed by atoms with Crippen molar-refractivity contribution in [3.05, 3.63) is 29.8 Å². The van der Waals surface area contributed by atoms with Gasteiger partial charge in [-0.15, -0.1) is 10.2 Å². The summed E-state index contributed by atoms with van der Waals surface area (Å²) in [6.07, 6.45) is 0.158. The second-order valence-electron chi connectivity index (χ2n) is 8.54. The smallest absolute Gasteiger partial charge is 0.233 e. The summed E-state index contributed by atoms with van der Waals surface area (Å²) in [6.45, 7) is 11.9. The Morgan fingerprint density at radius 3 is 2.32 bits per heavy atom. The molecule has 1 aliphatic heterocycles. The van der Waals surface area contributed by atoms with Gasteiger partial charge in [-0.05, 0) is 24.8 Å². The van der Waals surface area contributed by atoms with Crippen LogP contribution in [-0.2, 0) is 22.0 Å². The van der Waals surface area contributed by atoms with Crippen molar-refractivity contribution in [2.24, 2.45) is 7.05 Å². The molecule has 2 aromatic rings. The molecule has 1 aromatic heterocycles. The first-order chi connectivity index (χ1) is 13.1. The predicted molar refractivity (Wildman–Crippen MR) is 112 cm³/mol. The molecule has 152 valence electrons. The number of thioether (sulfide) groups is 1. The minimum atomic E-state index is 0.0789. The van der Waals surface area contributed by atoms with E-state index in [0.29, 0.717) is 18.8 Å². The number of carbonyl (C=O) groups excluding carboxylic acids is 1. The highest BCUT2D eigenvalue weighted by Crippen LogP contribution is 2.27. The van der Waals surface area contributed by atoms with Gasteiger partial charge in [-0.25, -0.2) is 0 Å². The van der Waals surface area contributed by atoms with Gasteiger partial charge in [-0.1, -0.05) is 56.8 Å². The van der Waals surface area contributed by atoms with Gasteiger partial charge in [0, 0.05) is 25.7 Å². The molecule has 1 aliphatic rings. The van der Waals surface area contributed by atoms with Gasteiger partial charge in [0.15, 0.2) is 11.0 Å². The Bertz CT molecular complexity index is 816. The van der Waals surface area contributed by atoms with Gasteiger partial charge in [-0.3, -0.25) is 4.79 Å². The van der Waals surface area contributed by atoms with Crippen LogP contribution >= 0.6 is 11.8 Å². The van der Waals surface area contributed by atoms with Crippen LogP contribution in [-0.4, -0.2) is 56.6 Å². The summed E-state index contributed by atoms with van der Waals surface area (Å²) in [6, 6.07) is 8.45. The summed E-state index contributed by atoms with van der Waals surface area (Å²) >= 11 is 1.43. The van der Waals surface area contributed by atoms with E-state index in [1.165, 1.54) is 17.3 Å². The highest BCUT2D eigenvalue weighted by molar-refractivity contribution is 7.99.